The van der Waals surface area contributed by atoms with Gasteiger partial charge in [-0.3, -0.25) is 4.79 Å². The number of nitrogens with zero attached hydrogens (tertiary/aromatic N) is 1. The highest BCUT2D eigenvalue weighted by atomic mass is 16.5. The topological polar surface area (TPSA) is 70.0 Å². The van der Waals surface area contributed by atoms with Gasteiger partial charge < -0.3 is 19.8 Å². The summed E-state index contributed by atoms with van der Waals surface area (Å²) in [7, 11) is 1.59. The van der Waals surface area contributed by atoms with E-state index in [1.165, 1.54) is 4.90 Å². The zero-order chi connectivity index (χ0) is 13.4. The standard InChI is InChI=1S/C13H19NO4/c1-18-12-4-2-11(3-5-12)10-13(17)14(6-8-15)7-9-16/h2-5,15-16H,6-10H2,1H3. The van der Waals surface area contributed by atoms with Gasteiger partial charge in [-0.2, -0.15) is 0 Å². The number of hydrogen-bond acceptors (Lipinski definition) is 4. The summed E-state index contributed by atoms with van der Waals surface area (Å²) in [5.74, 6) is 0.636. The number of ether oxygens (including phenoxy) is 1. The molecule has 2 N–H and O–H groups in total. The van der Waals surface area contributed by atoms with Gasteiger partial charge in [-0.25, -0.2) is 0 Å². The summed E-state index contributed by atoms with van der Waals surface area (Å²) in [6.07, 6.45) is 0.254. The van der Waals surface area contributed by atoms with E-state index in [0.29, 0.717) is 0 Å². The molecule has 0 heterocycles. The van der Waals surface area contributed by atoms with Crippen LogP contribution in [0.15, 0.2) is 24.3 Å². The van der Waals surface area contributed by atoms with Crippen molar-refractivity contribution in [3.63, 3.8) is 0 Å². The highest BCUT2D eigenvalue weighted by Crippen LogP contribution is 2.12. The number of methoxy groups -OCH3 is 1. The van der Waals surface area contributed by atoms with Crippen LogP contribution in [-0.4, -0.2) is 54.4 Å². The lowest BCUT2D eigenvalue weighted by molar-refractivity contribution is -0.131. The monoisotopic (exact) mass is 253 g/mol. The fourth-order valence-corrected chi connectivity index (χ4v) is 1.63. The van der Waals surface area contributed by atoms with Crippen molar-refractivity contribution < 1.29 is 19.7 Å². The summed E-state index contributed by atoms with van der Waals surface area (Å²) in [5.41, 5.74) is 0.877. The molecular weight excluding hydrogens is 234 g/mol. The molecule has 0 saturated heterocycles. The van der Waals surface area contributed by atoms with E-state index in [1.54, 1.807) is 19.2 Å². The molecule has 0 fully saturated rings. The minimum Gasteiger partial charge on any atom is -0.497 e. The molecule has 0 atom stereocenters. The van der Waals surface area contributed by atoms with E-state index in [2.05, 4.69) is 0 Å². The van der Waals surface area contributed by atoms with Crippen LogP contribution in [0.3, 0.4) is 0 Å². The van der Waals surface area contributed by atoms with E-state index in [4.69, 9.17) is 14.9 Å². The van der Waals surface area contributed by atoms with Gasteiger partial charge in [-0.05, 0) is 17.7 Å². The first-order chi connectivity index (χ1) is 8.71. The smallest absolute Gasteiger partial charge is 0.227 e. The maximum absolute atomic E-state index is 11.9. The largest absolute Gasteiger partial charge is 0.497 e. The zero-order valence-electron chi connectivity index (χ0n) is 10.5. The summed E-state index contributed by atoms with van der Waals surface area (Å²) in [5, 5.41) is 17.7. The van der Waals surface area contributed by atoms with Crippen molar-refractivity contribution in [2.45, 2.75) is 6.42 Å². The first-order valence-electron chi connectivity index (χ1n) is 5.83. The number of hydrogen-bond donors (Lipinski definition) is 2. The van der Waals surface area contributed by atoms with Gasteiger partial charge in [-0.15, -0.1) is 0 Å². The van der Waals surface area contributed by atoms with E-state index >= 15 is 0 Å². The van der Waals surface area contributed by atoms with E-state index in [-0.39, 0.29) is 38.6 Å². The second-order valence-electron chi connectivity index (χ2n) is 3.85. The number of carbonyl (C=O) groups excluding carboxylic acids is 1. The Bertz CT molecular complexity index is 358. The van der Waals surface area contributed by atoms with Crippen molar-refractivity contribution in [3.8, 4) is 5.75 Å². The van der Waals surface area contributed by atoms with Crippen molar-refractivity contribution in [3.05, 3.63) is 29.8 Å². The fourth-order valence-electron chi connectivity index (χ4n) is 1.63. The number of aliphatic hydroxyl groups excluding tert-OH is 2. The highest BCUT2D eigenvalue weighted by molar-refractivity contribution is 5.78. The Labute approximate surface area is 107 Å². The average Bonchev–Trinajstić information content (AvgIpc) is 2.39. The van der Waals surface area contributed by atoms with Crippen LogP contribution in [0.5, 0.6) is 5.75 Å². The number of benzene rings is 1. The lowest BCUT2D eigenvalue weighted by Crippen LogP contribution is -2.36. The van der Waals surface area contributed by atoms with E-state index in [1.807, 2.05) is 12.1 Å². The van der Waals surface area contributed by atoms with Crippen LogP contribution in [0.25, 0.3) is 0 Å². The Morgan fingerprint density at radius 1 is 1.17 bits per heavy atom. The maximum atomic E-state index is 11.9. The molecule has 0 saturated carbocycles. The Morgan fingerprint density at radius 2 is 1.72 bits per heavy atom. The number of rotatable bonds is 7. The zero-order valence-corrected chi connectivity index (χ0v) is 10.5. The molecule has 1 aromatic carbocycles. The molecule has 0 unspecified atom stereocenters. The highest BCUT2D eigenvalue weighted by Gasteiger charge is 2.12. The van der Waals surface area contributed by atoms with E-state index in [9.17, 15) is 4.79 Å². The first-order valence-corrected chi connectivity index (χ1v) is 5.83. The molecule has 0 aliphatic carbocycles. The third-order valence-electron chi connectivity index (χ3n) is 2.61. The summed E-state index contributed by atoms with van der Waals surface area (Å²) in [6, 6.07) is 7.25. The lowest BCUT2D eigenvalue weighted by Gasteiger charge is -2.20. The van der Waals surface area contributed by atoms with Crippen LogP contribution in [0.4, 0.5) is 0 Å². The van der Waals surface area contributed by atoms with Gasteiger partial charge >= 0.3 is 0 Å². The van der Waals surface area contributed by atoms with Gasteiger partial charge in [0.1, 0.15) is 5.75 Å². The summed E-state index contributed by atoms with van der Waals surface area (Å²) in [6.45, 7) is 0.286. The second kappa shape index (κ2) is 7.68. The van der Waals surface area contributed by atoms with Crippen molar-refractivity contribution in [1.82, 2.24) is 4.90 Å². The third-order valence-corrected chi connectivity index (χ3v) is 2.61. The fraction of sp³-hybridized carbons (Fsp3) is 0.462. The van der Waals surface area contributed by atoms with E-state index < -0.39 is 0 Å². The van der Waals surface area contributed by atoms with Gasteiger partial charge in [0, 0.05) is 13.1 Å². The van der Waals surface area contributed by atoms with E-state index in [0.717, 1.165) is 11.3 Å². The lowest BCUT2D eigenvalue weighted by atomic mass is 10.1. The van der Waals surface area contributed by atoms with Crippen molar-refractivity contribution in [1.29, 1.82) is 0 Å². The van der Waals surface area contributed by atoms with Crippen molar-refractivity contribution >= 4 is 5.91 Å². The second-order valence-corrected chi connectivity index (χ2v) is 3.85. The van der Waals surface area contributed by atoms with Gasteiger partial charge in [0.25, 0.3) is 0 Å². The van der Waals surface area contributed by atoms with Gasteiger partial charge in [0.05, 0.1) is 26.7 Å². The Morgan fingerprint density at radius 3 is 2.17 bits per heavy atom. The molecule has 0 aliphatic rings. The van der Waals surface area contributed by atoms with Crippen molar-refractivity contribution in [2.75, 3.05) is 33.4 Å². The van der Waals surface area contributed by atoms with Crippen molar-refractivity contribution in [2.24, 2.45) is 0 Å². The van der Waals surface area contributed by atoms with Crippen LogP contribution in [0.1, 0.15) is 5.56 Å². The minimum atomic E-state index is -0.108. The maximum Gasteiger partial charge on any atom is 0.227 e. The quantitative estimate of drug-likeness (QED) is 0.720. The Hall–Kier alpha value is -1.59. The van der Waals surface area contributed by atoms with Crippen LogP contribution in [-0.2, 0) is 11.2 Å². The van der Waals surface area contributed by atoms with Crippen LogP contribution in [0, 0.1) is 0 Å². The van der Waals surface area contributed by atoms with Crippen LogP contribution < -0.4 is 4.74 Å². The summed E-state index contributed by atoms with van der Waals surface area (Å²) in [4.78, 5) is 13.4. The molecule has 1 rings (SSSR count). The average molecular weight is 253 g/mol. The SMILES string of the molecule is COc1ccc(CC(=O)N(CCO)CCO)cc1. The molecule has 18 heavy (non-hydrogen) atoms. The summed E-state index contributed by atoms with van der Waals surface area (Å²) < 4.78 is 5.04. The molecule has 0 aliphatic heterocycles. The molecule has 0 radical (unpaired) electrons. The Kier molecular flexibility index (Phi) is 6.18. The Balaban J connectivity index is 2.60. The predicted octanol–water partition coefficient (Wildman–Crippen LogP) is 0.0509. The van der Waals surface area contributed by atoms with Crippen LogP contribution >= 0.6 is 0 Å². The molecule has 1 amide bonds. The predicted molar refractivity (Wildman–Crippen MR) is 67.4 cm³/mol. The van der Waals surface area contributed by atoms with Gasteiger partial charge in [-0.1, -0.05) is 12.1 Å². The molecule has 5 nitrogen and oxygen atoms in total. The van der Waals surface area contributed by atoms with Gasteiger partial charge in [0.15, 0.2) is 0 Å². The molecular formula is C13H19NO4. The number of aliphatic hydroxyl groups is 2. The first kappa shape index (κ1) is 14.5. The molecule has 5 heteroatoms. The molecule has 0 aromatic heterocycles. The molecule has 1 aromatic rings. The molecule has 0 spiro atoms. The minimum absolute atomic E-state index is 0.103. The number of carbonyl (C=O) groups is 1. The summed E-state index contributed by atoms with van der Waals surface area (Å²) >= 11 is 0. The molecule has 100 valence electrons. The van der Waals surface area contributed by atoms with Gasteiger partial charge in [0.2, 0.25) is 5.91 Å². The normalized spacial score (nSPS) is 10.2. The number of amides is 1. The van der Waals surface area contributed by atoms with Crippen LogP contribution in [0.2, 0.25) is 0 Å². The molecule has 0 bridgehead atoms. The third kappa shape index (κ3) is 4.35.